The Morgan fingerprint density at radius 1 is 1.59 bits per heavy atom. The molecule has 0 aromatic carbocycles. The van der Waals surface area contributed by atoms with Crippen LogP contribution in [-0.2, 0) is 16.0 Å². The fourth-order valence-corrected chi connectivity index (χ4v) is 1.77. The van der Waals surface area contributed by atoms with Gasteiger partial charge < -0.3 is 14.9 Å². The maximum Gasteiger partial charge on any atom is 0.310 e. The van der Waals surface area contributed by atoms with Gasteiger partial charge >= 0.3 is 5.97 Å². The Kier molecular flexibility index (Phi) is 3.39. The van der Waals surface area contributed by atoms with Crippen molar-refractivity contribution in [3.8, 4) is 0 Å². The molecule has 2 aromatic heterocycles. The van der Waals surface area contributed by atoms with Crippen LogP contribution in [0.3, 0.4) is 0 Å². The molecule has 0 amide bonds. The van der Waals surface area contributed by atoms with E-state index in [4.69, 9.17) is 10.5 Å². The number of hydrogen-bond donors (Lipinski definition) is 1. The molecule has 2 heterocycles. The molecule has 5 nitrogen and oxygen atoms in total. The van der Waals surface area contributed by atoms with Gasteiger partial charge in [0.25, 0.3) is 0 Å². The highest BCUT2D eigenvalue weighted by Gasteiger charge is 2.19. The number of nitrogens with two attached hydrogens (primary N) is 1. The van der Waals surface area contributed by atoms with Crippen molar-refractivity contribution in [2.75, 3.05) is 13.7 Å². The van der Waals surface area contributed by atoms with E-state index in [1.165, 1.54) is 7.11 Å². The number of hydrogen-bond acceptors (Lipinski definition) is 4. The van der Waals surface area contributed by atoms with Gasteiger partial charge in [0, 0.05) is 25.4 Å². The Morgan fingerprint density at radius 3 is 3.06 bits per heavy atom. The first kappa shape index (κ1) is 11.6. The minimum absolute atomic E-state index is 0.264. The summed E-state index contributed by atoms with van der Waals surface area (Å²) in [5.41, 5.74) is 7.26. The Balaban J connectivity index is 2.19. The smallest absolute Gasteiger partial charge is 0.310 e. The van der Waals surface area contributed by atoms with E-state index >= 15 is 0 Å². The Morgan fingerprint density at radius 2 is 2.41 bits per heavy atom. The average molecular weight is 233 g/mol. The van der Waals surface area contributed by atoms with Crippen molar-refractivity contribution in [1.82, 2.24) is 9.38 Å². The highest BCUT2D eigenvalue weighted by Crippen LogP contribution is 2.10. The highest BCUT2D eigenvalue weighted by atomic mass is 16.5. The molecule has 5 heteroatoms. The molecule has 90 valence electrons. The number of ether oxygens (including phenoxy) is 1. The molecule has 2 N–H and O–H groups in total. The zero-order valence-electron chi connectivity index (χ0n) is 9.67. The van der Waals surface area contributed by atoms with Gasteiger partial charge in [-0.2, -0.15) is 0 Å². The van der Waals surface area contributed by atoms with E-state index in [-0.39, 0.29) is 18.4 Å². The number of esters is 1. The first-order valence-corrected chi connectivity index (χ1v) is 5.45. The molecule has 1 atom stereocenters. The fourth-order valence-electron chi connectivity index (χ4n) is 1.77. The summed E-state index contributed by atoms with van der Waals surface area (Å²) in [6.07, 6.45) is 4.33. The van der Waals surface area contributed by atoms with Gasteiger partial charge in [0.15, 0.2) is 0 Å². The quantitative estimate of drug-likeness (QED) is 0.786. The Labute approximate surface area is 99.2 Å². The van der Waals surface area contributed by atoms with Crippen LogP contribution in [-0.4, -0.2) is 29.0 Å². The van der Waals surface area contributed by atoms with Gasteiger partial charge in [-0.15, -0.1) is 0 Å². The van der Waals surface area contributed by atoms with Crippen molar-refractivity contribution in [3.63, 3.8) is 0 Å². The van der Waals surface area contributed by atoms with E-state index in [1.807, 2.05) is 35.0 Å². The number of imidazole rings is 1. The van der Waals surface area contributed by atoms with Crippen LogP contribution in [0.15, 0.2) is 30.6 Å². The van der Waals surface area contributed by atoms with Crippen molar-refractivity contribution in [1.29, 1.82) is 0 Å². The van der Waals surface area contributed by atoms with Crippen LogP contribution < -0.4 is 5.73 Å². The van der Waals surface area contributed by atoms with Crippen LogP contribution in [0, 0.1) is 5.92 Å². The van der Waals surface area contributed by atoms with Crippen LogP contribution in [0.4, 0.5) is 0 Å². The Bertz CT molecular complexity index is 488. The molecule has 0 fully saturated rings. The maximum absolute atomic E-state index is 11.4. The molecular formula is C12H15N3O2. The minimum Gasteiger partial charge on any atom is -0.469 e. The second-order valence-electron chi connectivity index (χ2n) is 3.86. The fraction of sp³-hybridized carbons (Fsp3) is 0.333. The molecule has 2 aromatic rings. The van der Waals surface area contributed by atoms with Crippen LogP contribution in [0.2, 0.25) is 0 Å². The second-order valence-corrected chi connectivity index (χ2v) is 3.86. The molecule has 0 aliphatic heterocycles. The normalized spacial score (nSPS) is 12.6. The summed E-state index contributed by atoms with van der Waals surface area (Å²) in [7, 11) is 1.37. The number of fused-ring (bicyclic) bond motifs is 1. The predicted octanol–water partition coefficient (Wildman–Crippen LogP) is 0.625. The molecule has 0 saturated heterocycles. The van der Waals surface area contributed by atoms with E-state index in [2.05, 4.69) is 4.98 Å². The lowest BCUT2D eigenvalue weighted by molar-refractivity contribution is -0.145. The summed E-state index contributed by atoms with van der Waals surface area (Å²) >= 11 is 0. The van der Waals surface area contributed by atoms with E-state index in [9.17, 15) is 4.79 Å². The molecule has 0 spiro atoms. The topological polar surface area (TPSA) is 69.6 Å². The molecule has 2 rings (SSSR count). The van der Waals surface area contributed by atoms with E-state index < -0.39 is 0 Å². The molecule has 1 unspecified atom stereocenters. The SMILES string of the molecule is COC(=O)C(CN)Cc1cn2ccccc2n1. The number of methoxy groups -OCH3 is 1. The maximum atomic E-state index is 11.4. The summed E-state index contributed by atoms with van der Waals surface area (Å²) < 4.78 is 6.61. The van der Waals surface area contributed by atoms with Gasteiger partial charge in [-0.1, -0.05) is 6.07 Å². The van der Waals surface area contributed by atoms with Crippen LogP contribution in [0.25, 0.3) is 5.65 Å². The lowest BCUT2D eigenvalue weighted by Crippen LogP contribution is -2.26. The van der Waals surface area contributed by atoms with Crippen LogP contribution in [0.5, 0.6) is 0 Å². The molecule has 0 radical (unpaired) electrons. The van der Waals surface area contributed by atoms with Crippen molar-refractivity contribution >= 4 is 11.6 Å². The molecular weight excluding hydrogens is 218 g/mol. The third-order valence-electron chi connectivity index (χ3n) is 2.69. The molecule has 17 heavy (non-hydrogen) atoms. The van der Waals surface area contributed by atoms with Gasteiger partial charge in [0.2, 0.25) is 0 Å². The zero-order chi connectivity index (χ0) is 12.3. The van der Waals surface area contributed by atoms with Crippen molar-refractivity contribution in [2.24, 2.45) is 11.7 Å². The molecule has 0 aliphatic rings. The van der Waals surface area contributed by atoms with Gasteiger partial charge in [-0.3, -0.25) is 4.79 Å². The summed E-state index contributed by atoms with van der Waals surface area (Å²) in [6, 6.07) is 5.77. The monoisotopic (exact) mass is 233 g/mol. The Hall–Kier alpha value is -1.88. The number of nitrogens with zero attached hydrogens (tertiary/aromatic N) is 2. The largest absolute Gasteiger partial charge is 0.469 e. The first-order valence-electron chi connectivity index (χ1n) is 5.45. The highest BCUT2D eigenvalue weighted by molar-refractivity contribution is 5.72. The average Bonchev–Trinajstić information content (AvgIpc) is 2.77. The number of carbonyl (C=O) groups is 1. The number of pyridine rings is 1. The third kappa shape index (κ3) is 2.45. The summed E-state index contributed by atoms with van der Waals surface area (Å²) in [6.45, 7) is 0.264. The van der Waals surface area contributed by atoms with E-state index in [0.717, 1.165) is 11.3 Å². The first-order chi connectivity index (χ1) is 8.24. The van der Waals surface area contributed by atoms with Crippen molar-refractivity contribution in [2.45, 2.75) is 6.42 Å². The number of carbonyl (C=O) groups excluding carboxylic acids is 1. The third-order valence-corrected chi connectivity index (χ3v) is 2.69. The summed E-state index contributed by atoms with van der Waals surface area (Å²) in [5.74, 6) is -0.616. The van der Waals surface area contributed by atoms with Crippen LogP contribution >= 0.6 is 0 Å². The van der Waals surface area contributed by atoms with Crippen LogP contribution in [0.1, 0.15) is 5.69 Å². The van der Waals surface area contributed by atoms with E-state index in [1.54, 1.807) is 0 Å². The van der Waals surface area contributed by atoms with Gasteiger partial charge in [0.05, 0.1) is 18.7 Å². The lowest BCUT2D eigenvalue weighted by Gasteiger charge is -2.09. The van der Waals surface area contributed by atoms with Crippen molar-refractivity contribution in [3.05, 3.63) is 36.3 Å². The second kappa shape index (κ2) is 4.97. The van der Waals surface area contributed by atoms with Gasteiger partial charge in [-0.05, 0) is 12.1 Å². The zero-order valence-corrected chi connectivity index (χ0v) is 9.67. The van der Waals surface area contributed by atoms with E-state index in [0.29, 0.717) is 6.42 Å². The standard InChI is InChI=1S/C12H15N3O2/c1-17-12(16)9(7-13)6-10-8-15-5-3-2-4-11(15)14-10/h2-5,8-9H,6-7,13H2,1H3. The minimum atomic E-state index is -0.329. The summed E-state index contributed by atoms with van der Waals surface area (Å²) in [5, 5.41) is 0. The molecule has 0 saturated carbocycles. The molecule has 0 bridgehead atoms. The summed E-state index contributed by atoms with van der Waals surface area (Å²) in [4.78, 5) is 15.8. The number of aromatic nitrogens is 2. The predicted molar refractivity (Wildman–Crippen MR) is 63.5 cm³/mol. The number of rotatable bonds is 4. The van der Waals surface area contributed by atoms with Gasteiger partial charge in [-0.25, -0.2) is 4.98 Å². The lowest BCUT2D eigenvalue weighted by atomic mass is 10.0. The molecule has 0 aliphatic carbocycles. The van der Waals surface area contributed by atoms with Gasteiger partial charge in [0.1, 0.15) is 5.65 Å². The van der Waals surface area contributed by atoms with Crippen molar-refractivity contribution < 1.29 is 9.53 Å².